The van der Waals surface area contributed by atoms with Crippen LogP contribution in [0.5, 0.6) is 5.88 Å². The van der Waals surface area contributed by atoms with E-state index in [4.69, 9.17) is 9.47 Å². The minimum absolute atomic E-state index is 0.0507. The van der Waals surface area contributed by atoms with Gasteiger partial charge in [-0.15, -0.1) is 0 Å². The number of likely N-dealkylation sites (N-methyl/N-ethyl adjacent to an activating group) is 1. The van der Waals surface area contributed by atoms with E-state index in [1.54, 1.807) is 48.0 Å². The first-order valence-corrected chi connectivity index (χ1v) is 13.0. The van der Waals surface area contributed by atoms with Gasteiger partial charge in [0.2, 0.25) is 11.8 Å². The molecule has 0 unspecified atom stereocenters. The van der Waals surface area contributed by atoms with E-state index < -0.39 is 18.0 Å². The first kappa shape index (κ1) is 27.6. The van der Waals surface area contributed by atoms with Gasteiger partial charge >= 0.3 is 0 Å². The first-order chi connectivity index (χ1) is 18.3. The Morgan fingerprint density at radius 2 is 2.03 bits per heavy atom. The molecule has 3 atom stereocenters. The molecule has 38 heavy (non-hydrogen) atoms. The molecule has 1 saturated heterocycles. The summed E-state index contributed by atoms with van der Waals surface area (Å²) in [6.45, 7) is 5.34. The van der Waals surface area contributed by atoms with E-state index in [2.05, 4.69) is 16.8 Å². The van der Waals surface area contributed by atoms with Crippen LogP contribution in [0.2, 0.25) is 0 Å². The summed E-state index contributed by atoms with van der Waals surface area (Å²) in [6.07, 6.45) is 2.44. The molecule has 1 aromatic heterocycles. The Hall–Kier alpha value is -3.48. The van der Waals surface area contributed by atoms with Gasteiger partial charge in [-0.05, 0) is 38.0 Å². The molecular weight excluding hydrogens is 489 g/mol. The Kier molecular flexibility index (Phi) is 8.97. The van der Waals surface area contributed by atoms with Gasteiger partial charge in [-0.3, -0.25) is 9.59 Å². The van der Waals surface area contributed by atoms with Gasteiger partial charge in [-0.25, -0.2) is 9.37 Å². The van der Waals surface area contributed by atoms with E-state index in [1.807, 2.05) is 6.92 Å². The van der Waals surface area contributed by atoms with Crippen molar-refractivity contribution in [3.05, 3.63) is 59.0 Å². The van der Waals surface area contributed by atoms with E-state index in [0.29, 0.717) is 44.7 Å². The maximum absolute atomic E-state index is 14.0. The molecule has 2 aliphatic rings. The second-order valence-electron chi connectivity index (χ2n) is 10.0. The molecule has 1 aromatic carbocycles. The molecule has 0 aliphatic carbocycles. The molecule has 1 N–H and O–H groups in total. The van der Waals surface area contributed by atoms with Gasteiger partial charge in [-0.1, -0.05) is 30.9 Å². The lowest BCUT2D eigenvalue weighted by atomic mass is 9.97. The summed E-state index contributed by atoms with van der Waals surface area (Å²) < 4.78 is 25.7. The number of carbonyl (C=O) groups excluding carboxylic acids is 2. The standard InChI is InChI=1S/C29H34FN3O5/c1-19-16-33(20(2)18-34)29(36)24-14-21(8-9-22-6-4-5-7-25(22)30)15-31-27(24)38-26(19)17-32(3)28(35)23-10-12-37-13-11-23/h4-7,14-15,19-20,23,26,34H,10-13,16-18H2,1-3H3/t19-,20-,26-/m1/s1. The van der Waals surface area contributed by atoms with Crippen molar-refractivity contribution in [1.82, 2.24) is 14.8 Å². The monoisotopic (exact) mass is 523 g/mol. The van der Waals surface area contributed by atoms with Crippen molar-refractivity contribution in [2.45, 2.75) is 38.8 Å². The highest BCUT2D eigenvalue weighted by Crippen LogP contribution is 2.28. The third-order valence-electron chi connectivity index (χ3n) is 7.14. The molecule has 1 fully saturated rings. The summed E-state index contributed by atoms with van der Waals surface area (Å²) in [5.74, 6) is 4.87. The molecular formula is C29H34FN3O5. The summed E-state index contributed by atoms with van der Waals surface area (Å²) in [5.41, 5.74) is 0.877. The lowest BCUT2D eigenvalue weighted by molar-refractivity contribution is -0.138. The normalized spacial score (nSPS) is 20.8. The second-order valence-corrected chi connectivity index (χ2v) is 10.0. The molecule has 0 spiro atoms. The fourth-order valence-corrected chi connectivity index (χ4v) is 4.71. The van der Waals surface area contributed by atoms with Crippen LogP contribution >= 0.6 is 0 Å². The number of pyridine rings is 1. The maximum atomic E-state index is 14.0. The summed E-state index contributed by atoms with van der Waals surface area (Å²) in [7, 11) is 1.77. The zero-order valence-corrected chi connectivity index (χ0v) is 22.0. The van der Waals surface area contributed by atoms with Gasteiger partial charge in [0.05, 0.1) is 24.8 Å². The lowest BCUT2D eigenvalue weighted by Crippen LogP contribution is -2.51. The maximum Gasteiger partial charge on any atom is 0.259 e. The van der Waals surface area contributed by atoms with Crippen LogP contribution in [0.3, 0.4) is 0 Å². The molecule has 2 aromatic rings. The third kappa shape index (κ3) is 6.32. The molecule has 0 radical (unpaired) electrons. The van der Waals surface area contributed by atoms with E-state index in [1.165, 1.54) is 12.3 Å². The topological polar surface area (TPSA) is 92.2 Å². The van der Waals surface area contributed by atoms with Crippen LogP contribution in [-0.2, 0) is 9.53 Å². The van der Waals surface area contributed by atoms with Gasteiger partial charge in [0.1, 0.15) is 17.5 Å². The Morgan fingerprint density at radius 3 is 2.74 bits per heavy atom. The SMILES string of the molecule is C[C@@H]1CN([C@H](C)CO)C(=O)c2cc(C#Cc3ccccc3F)cnc2O[C@@H]1CN(C)C(=O)C1CCOCC1. The highest BCUT2D eigenvalue weighted by molar-refractivity contribution is 5.97. The van der Waals surface area contributed by atoms with Crippen molar-refractivity contribution in [3.8, 4) is 17.7 Å². The highest BCUT2D eigenvalue weighted by Gasteiger charge is 2.35. The van der Waals surface area contributed by atoms with E-state index >= 15 is 0 Å². The Bertz CT molecular complexity index is 1220. The number of halogens is 1. The molecule has 2 aliphatic heterocycles. The van der Waals surface area contributed by atoms with E-state index in [-0.39, 0.29) is 47.3 Å². The number of amides is 2. The summed E-state index contributed by atoms with van der Waals surface area (Å²) in [6, 6.07) is 7.34. The minimum Gasteiger partial charge on any atom is -0.472 e. The van der Waals surface area contributed by atoms with Gasteiger partial charge < -0.3 is 24.4 Å². The average molecular weight is 524 g/mol. The van der Waals surface area contributed by atoms with Crippen LogP contribution < -0.4 is 4.74 Å². The molecule has 4 rings (SSSR count). The first-order valence-electron chi connectivity index (χ1n) is 13.0. The Labute approximate surface area is 222 Å². The second kappa shape index (κ2) is 12.4. The molecule has 2 amide bonds. The number of nitrogens with zero attached hydrogens (tertiary/aromatic N) is 3. The summed E-state index contributed by atoms with van der Waals surface area (Å²) in [5, 5.41) is 9.86. The third-order valence-corrected chi connectivity index (χ3v) is 7.14. The van der Waals surface area contributed by atoms with Gasteiger partial charge in [-0.2, -0.15) is 0 Å². The van der Waals surface area contributed by atoms with Crippen LogP contribution in [0.4, 0.5) is 4.39 Å². The summed E-state index contributed by atoms with van der Waals surface area (Å²) >= 11 is 0. The van der Waals surface area contributed by atoms with Crippen molar-refractivity contribution in [3.63, 3.8) is 0 Å². The summed E-state index contributed by atoms with van der Waals surface area (Å²) in [4.78, 5) is 34.3. The molecule has 9 heteroatoms. The van der Waals surface area contributed by atoms with Crippen molar-refractivity contribution in [2.24, 2.45) is 11.8 Å². The van der Waals surface area contributed by atoms with Crippen molar-refractivity contribution < 1.29 is 28.6 Å². The van der Waals surface area contributed by atoms with Crippen LogP contribution in [0.25, 0.3) is 0 Å². The Balaban J connectivity index is 1.63. The predicted octanol–water partition coefficient (Wildman–Crippen LogP) is 2.73. The van der Waals surface area contributed by atoms with Crippen LogP contribution in [0.15, 0.2) is 36.5 Å². The molecule has 0 bridgehead atoms. The number of rotatable bonds is 5. The van der Waals surface area contributed by atoms with E-state index in [9.17, 15) is 19.1 Å². The number of ether oxygens (including phenoxy) is 2. The Morgan fingerprint density at radius 1 is 1.29 bits per heavy atom. The highest BCUT2D eigenvalue weighted by atomic mass is 19.1. The average Bonchev–Trinajstić information content (AvgIpc) is 2.94. The smallest absolute Gasteiger partial charge is 0.259 e. The molecule has 202 valence electrons. The van der Waals surface area contributed by atoms with Crippen LogP contribution in [-0.4, -0.2) is 83.8 Å². The number of aromatic nitrogens is 1. The fourth-order valence-electron chi connectivity index (χ4n) is 4.71. The number of aliphatic hydroxyl groups excluding tert-OH is 1. The number of aliphatic hydroxyl groups is 1. The molecule has 3 heterocycles. The van der Waals surface area contributed by atoms with Crippen LogP contribution in [0.1, 0.15) is 48.2 Å². The van der Waals surface area contributed by atoms with Crippen molar-refractivity contribution in [1.29, 1.82) is 0 Å². The number of hydrogen-bond acceptors (Lipinski definition) is 6. The number of fused-ring (bicyclic) bond motifs is 1. The van der Waals surface area contributed by atoms with Crippen LogP contribution in [0, 0.1) is 29.5 Å². The molecule has 8 nitrogen and oxygen atoms in total. The molecule has 0 saturated carbocycles. The zero-order valence-electron chi connectivity index (χ0n) is 22.0. The number of carbonyl (C=O) groups is 2. The largest absolute Gasteiger partial charge is 0.472 e. The van der Waals surface area contributed by atoms with Gasteiger partial charge in [0.25, 0.3) is 5.91 Å². The minimum atomic E-state index is -0.439. The van der Waals surface area contributed by atoms with Crippen molar-refractivity contribution in [2.75, 3.05) is 40.0 Å². The fraction of sp³-hybridized carbons (Fsp3) is 0.483. The van der Waals surface area contributed by atoms with Gasteiger partial charge in [0.15, 0.2) is 0 Å². The number of benzene rings is 1. The quantitative estimate of drug-likeness (QED) is 0.606. The lowest BCUT2D eigenvalue weighted by Gasteiger charge is -2.38. The number of hydrogen-bond donors (Lipinski definition) is 1. The van der Waals surface area contributed by atoms with Gasteiger partial charge in [0, 0.05) is 50.4 Å². The van der Waals surface area contributed by atoms with Crippen molar-refractivity contribution >= 4 is 11.8 Å². The zero-order chi connectivity index (χ0) is 27.2. The van der Waals surface area contributed by atoms with E-state index in [0.717, 1.165) is 0 Å². The predicted molar refractivity (Wildman–Crippen MR) is 139 cm³/mol.